The van der Waals surface area contributed by atoms with Crippen molar-refractivity contribution in [3.63, 3.8) is 0 Å². The number of halogens is 2. The average Bonchev–Trinajstić information content (AvgIpc) is 2.94. The minimum Gasteiger partial charge on any atom is -0.377 e. The smallest absolute Gasteiger partial charge is 0.243 e. The molecule has 5 nitrogen and oxygen atoms in total. The number of hydrogen-bond acceptors (Lipinski definition) is 4. The highest BCUT2D eigenvalue weighted by Crippen LogP contribution is 2.26. The molecular formula is C13H18ClFN2O3S. The molecule has 0 amide bonds. The zero-order chi connectivity index (χ0) is 15.6. The van der Waals surface area contributed by atoms with Crippen LogP contribution in [0.2, 0.25) is 5.02 Å². The lowest BCUT2D eigenvalue weighted by Crippen LogP contribution is -2.34. The summed E-state index contributed by atoms with van der Waals surface area (Å²) in [6.07, 6.45) is 1.63. The van der Waals surface area contributed by atoms with Crippen LogP contribution in [0.1, 0.15) is 18.4 Å². The van der Waals surface area contributed by atoms with Gasteiger partial charge >= 0.3 is 0 Å². The van der Waals surface area contributed by atoms with E-state index in [4.69, 9.17) is 22.1 Å². The molecule has 0 aromatic heterocycles. The second kappa shape index (κ2) is 6.58. The minimum absolute atomic E-state index is 0.0332. The first-order valence-electron chi connectivity index (χ1n) is 6.62. The Balaban J connectivity index is 2.27. The van der Waals surface area contributed by atoms with E-state index in [-0.39, 0.29) is 34.7 Å². The molecule has 1 aromatic rings. The lowest BCUT2D eigenvalue weighted by Gasteiger charge is -2.21. The van der Waals surface area contributed by atoms with E-state index in [0.717, 1.165) is 18.9 Å². The van der Waals surface area contributed by atoms with Crippen molar-refractivity contribution in [1.82, 2.24) is 4.31 Å². The lowest BCUT2D eigenvalue weighted by molar-refractivity contribution is 0.0979. The lowest BCUT2D eigenvalue weighted by atomic mass is 10.2. The first kappa shape index (κ1) is 16.6. The van der Waals surface area contributed by atoms with Crippen LogP contribution in [0.25, 0.3) is 0 Å². The molecule has 1 saturated heterocycles. The van der Waals surface area contributed by atoms with Crippen molar-refractivity contribution < 1.29 is 17.5 Å². The van der Waals surface area contributed by atoms with Gasteiger partial charge in [-0.05, 0) is 30.5 Å². The molecular weight excluding hydrogens is 319 g/mol. The van der Waals surface area contributed by atoms with E-state index in [2.05, 4.69) is 0 Å². The number of nitrogens with zero attached hydrogens (tertiary/aromatic N) is 1. The summed E-state index contributed by atoms with van der Waals surface area (Å²) in [7, 11) is -2.35. The van der Waals surface area contributed by atoms with Crippen molar-refractivity contribution in [1.29, 1.82) is 0 Å². The van der Waals surface area contributed by atoms with E-state index in [9.17, 15) is 12.8 Å². The molecule has 0 saturated carbocycles. The number of benzene rings is 1. The second-order valence-corrected chi connectivity index (χ2v) is 7.43. The summed E-state index contributed by atoms with van der Waals surface area (Å²) in [6, 6.07) is 2.23. The predicted molar refractivity (Wildman–Crippen MR) is 78.1 cm³/mol. The standard InChI is InChI=1S/C13H18ClFN2O3S/c1-17(8-10-3-2-4-20-10)21(18,19)11-5-9(7-16)13(14)12(15)6-11/h5-6,10H,2-4,7-8,16H2,1H3. The maximum atomic E-state index is 13.7. The van der Waals surface area contributed by atoms with E-state index < -0.39 is 15.8 Å². The van der Waals surface area contributed by atoms with Gasteiger partial charge < -0.3 is 10.5 Å². The third-order valence-electron chi connectivity index (χ3n) is 3.49. The first-order valence-corrected chi connectivity index (χ1v) is 8.44. The molecule has 21 heavy (non-hydrogen) atoms. The van der Waals surface area contributed by atoms with Crippen LogP contribution in [-0.4, -0.2) is 39.0 Å². The molecule has 1 atom stereocenters. The molecule has 0 radical (unpaired) electrons. The Hall–Kier alpha value is -0.730. The molecule has 2 rings (SSSR count). The number of likely N-dealkylation sites (N-methyl/N-ethyl adjacent to an activating group) is 1. The topological polar surface area (TPSA) is 72.6 Å². The van der Waals surface area contributed by atoms with Crippen LogP contribution in [0, 0.1) is 5.82 Å². The first-order chi connectivity index (χ1) is 9.86. The quantitative estimate of drug-likeness (QED) is 0.889. The summed E-state index contributed by atoms with van der Waals surface area (Å²) in [5.41, 5.74) is 5.72. The van der Waals surface area contributed by atoms with Crippen LogP contribution < -0.4 is 5.73 Å². The Labute approximate surface area is 128 Å². The Morgan fingerprint density at radius 1 is 1.52 bits per heavy atom. The van der Waals surface area contributed by atoms with Gasteiger partial charge in [0.25, 0.3) is 0 Å². The number of ether oxygens (including phenoxy) is 1. The van der Waals surface area contributed by atoms with Crippen molar-refractivity contribution in [3.05, 3.63) is 28.5 Å². The van der Waals surface area contributed by atoms with Gasteiger partial charge in [0, 0.05) is 26.7 Å². The Bertz CT molecular complexity index is 618. The van der Waals surface area contributed by atoms with Crippen molar-refractivity contribution in [3.8, 4) is 0 Å². The Morgan fingerprint density at radius 2 is 2.24 bits per heavy atom. The summed E-state index contributed by atoms with van der Waals surface area (Å²) in [5.74, 6) is -0.788. The van der Waals surface area contributed by atoms with Gasteiger partial charge in [-0.2, -0.15) is 4.31 Å². The van der Waals surface area contributed by atoms with Crippen molar-refractivity contribution in [2.45, 2.75) is 30.4 Å². The van der Waals surface area contributed by atoms with E-state index >= 15 is 0 Å². The maximum Gasteiger partial charge on any atom is 0.243 e. The third-order valence-corrected chi connectivity index (χ3v) is 5.71. The summed E-state index contributed by atoms with van der Waals surface area (Å²) in [6.45, 7) is 0.852. The fraction of sp³-hybridized carbons (Fsp3) is 0.538. The van der Waals surface area contributed by atoms with Crippen LogP contribution in [0.3, 0.4) is 0 Å². The molecule has 0 spiro atoms. The van der Waals surface area contributed by atoms with E-state index in [1.165, 1.54) is 17.4 Å². The van der Waals surface area contributed by atoms with Gasteiger partial charge in [-0.25, -0.2) is 12.8 Å². The van der Waals surface area contributed by atoms with E-state index in [1.807, 2.05) is 0 Å². The molecule has 1 aromatic carbocycles. The largest absolute Gasteiger partial charge is 0.377 e. The summed E-state index contributed by atoms with van der Waals surface area (Å²) in [5, 5.41) is -0.141. The van der Waals surface area contributed by atoms with Crippen molar-refractivity contribution >= 4 is 21.6 Å². The van der Waals surface area contributed by atoms with Crippen LogP contribution in [0.5, 0.6) is 0 Å². The fourth-order valence-electron chi connectivity index (χ4n) is 2.27. The van der Waals surface area contributed by atoms with Crippen LogP contribution >= 0.6 is 11.6 Å². The van der Waals surface area contributed by atoms with Gasteiger partial charge in [0.15, 0.2) is 0 Å². The molecule has 0 bridgehead atoms. The molecule has 8 heteroatoms. The van der Waals surface area contributed by atoms with Crippen molar-refractivity contribution in [2.24, 2.45) is 5.73 Å². The highest BCUT2D eigenvalue weighted by Gasteiger charge is 2.27. The monoisotopic (exact) mass is 336 g/mol. The van der Waals surface area contributed by atoms with E-state index in [0.29, 0.717) is 6.61 Å². The minimum atomic E-state index is -3.80. The van der Waals surface area contributed by atoms with Crippen molar-refractivity contribution in [2.75, 3.05) is 20.2 Å². The molecule has 1 aliphatic rings. The highest BCUT2D eigenvalue weighted by molar-refractivity contribution is 7.89. The number of nitrogens with two attached hydrogens (primary N) is 1. The number of hydrogen-bond donors (Lipinski definition) is 1. The molecule has 1 aliphatic heterocycles. The van der Waals surface area contributed by atoms with Gasteiger partial charge in [-0.15, -0.1) is 0 Å². The summed E-state index contributed by atoms with van der Waals surface area (Å²) >= 11 is 5.75. The van der Waals surface area contributed by atoms with Crippen LogP contribution in [-0.2, 0) is 21.3 Å². The zero-order valence-electron chi connectivity index (χ0n) is 11.7. The number of sulfonamides is 1. The molecule has 0 aliphatic carbocycles. The molecule has 1 fully saturated rings. The van der Waals surface area contributed by atoms with Gasteiger partial charge in [0.2, 0.25) is 10.0 Å². The fourth-order valence-corrected chi connectivity index (χ4v) is 3.72. The summed E-state index contributed by atoms with van der Waals surface area (Å²) < 4.78 is 45.3. The SMILES string of the molecule is CN(CC1CCCO1)S(=O)(=O)c1cc(F)c(Cl)c(CN)c1. The Kier molecular flexibility index (Phi) is 5.21. The van der Waals surface area contributed by atoms with Gasteiger partial charge in [-0.3, -0.25) is 0 Å². The van der Waals surface area contributed by atoms with Gasteiger partial charge in [-0.1, -0.05) is 11.6 Å². The predicted octanol–water partition coefficient (Wildman–Crippen LogP) is 1.74. The molecule has 118 valence electrons. The van der Waals surface area contributed by atoms with Crippen LogP contribution in [0.4, 0.5) is 4.39 Å². The Morgan fingerprint density at radius 3 is 2.81 bits per heavy atom. The van der Waals surface area contributed by atoms with Crippen LogP contribution in [0.15, 0.2) is 17.0 Å². The average molecular weight is 337 g/mol. The van der Waals surface area contributed by atoms with Gasteiger partial charge in [0.05, 0.1) is 16.0 Å². The highest BCUT2D eigenvalue weighted by atomic mass is 35.5. The summed E-state index contributed by atoms with van der Waals surface area (Å²) in [4.78, 5) is -0.148. The van der Waals surface area contributed by atoms with Gasteiger partial charge in [0.1, 0.15) is 5.82 Å². The third kappa shape index (κ3) is 3.54. The maximum absolute atomic E-state index is 13.7. The molecule has 1 unspecified atom stereocenters. The normalized spacial score (nSPS) is 19.4. The number of rotatable bonds is 5. The zero-order valence-corrected chi connectivity index (χ0v) is 13.3. The van der Waals surface area contributed by atoms with E-state index in [1.54, 1.807) is 0 Å². The molecule has 2 N–H and O–H groups in total. The second-order valence-electron chi connectivity index (χ2n) is 5.00. The molecule has 1 heterocycles.